The SMILES string of the molecule is Cc1cc(C)cc(NC(=O)Cn2cnc3nc(N4CCCCC4)sc3c2=O)c1. The molecule has 0 radical (unpaired) electrons. The Morgan fingerprint density at radius 1 is 1.14 bits per heavy atom. The van der Waals surface area contributed by atoms with E-state index in [2.05, 4.69) is 20.2 Å². The number of thiazole rings is 1. The lowest BCUT2D eigenvalue weighted by Crippen LogP contribution is -2.29. The van der Waals surface area contributed by atoms with Crippen LogP contribution >= 0.6 is 11.3 Å². The number of nitrogens with zero attached hydrogens (tertiary/aromatic N) is 4. The Hall–Kier alpha value is -2.74. The maximum absolute atomic E-state index is 12.8. The zero-order valence-electron chi connectivity index (χ0n) is 16.1. The lowest BCUT2D eigenvalue weighted by atomic mass is 10.1. The van der Waals surface area contributed by atoms with Gasteiger partial charge in [0.1, 0.15) is 17.6 Å². The van der Waals surface area contributed by atoms with Crippen molar-refractivity contribution in [1.29, 1.82) is 0 Å². The summed E-state index contributed by atoms with van der Waals surface area (Å²) in [5.41, 5.74) is 3.12. The molecule has 0 saturated carbocycles. The van der Waals surface area contributed by atoms with Gasteiger partial charge >= 0.3 is 0 Å². The number of benzene rings is 1. The summed E-state index contributed by atoms with van der Waals surface area (Å²) in [6.45, 7) is 5.81. The van der Waals surface area contributed by atoms with E-state index in [1.165, 1.54) is 28.7 Å². The summed E-state index contributed by atoms with van der Waals surface area (Å²) >= 11 is 1.37. The van der Waals surface area contributed by atoms with E-state index in [4.69, 9.17) is 0 Å². The van der Waals surface area contributed by atoms with E-state index in [1.807, 2.05) is 32.0 Å². The molecule has 8 heteroatoms. The van der Waals surface area contributed by atoms with E-state index in [0.717, 1.165) is 47.9 Å². The first-order valence-corrected chi connectivity index (χ1v) is 10.3. The minimum Gasteiger partial charge on any atom is -0.348 e. The predicted molar refractivity (Wildman–Crippen MR) is 112 cm³/mol. The fraction of sp³-hybridized carbons (Fsp3) is 0.400. The van der Waals surface area contributed by atoms with E-state index in [9.17, 15) is 9.59 Å². The summed E-state index contributed by atoms with van der Waals surface area (Å²) in [5.74, 6) is -0.256. The van der Waals surface area contributed by atoms with Gasteiger partial charge in [0.05, 0.1) is 0 Å². The van der Waals surface area contributed by atoms with Crippen LogP contribution in [0.5, 0.6) is 0 Å². The normalized spacial score (nSPS) is 14.4. The predicted octanol–water partition coefficient (Wildman–Crippen LogP) is 3.10. The molecule has 1 aromatic carbocycles. The van der Waals surface area contributed by atoms with Gasteiger partial charge in [0.2, 0.25) is 5.91 Å². The molecule has 3 heterocycles. The maximum atomic E-state index is 12.8. The number of amides is 1. The third-order valence-corrected chi connectivity index (χ3v) is 5.91. The number of aryl methyl sites for hydroxylation is 2. The summed E-state index contributed by atoms with van der Waals surface area (Å²) < 4.78 is 1.85. The van der Waals surface area contributed by atoms with Crippen molar-refractivity contribution in [3.05, 3.63) is 46.0 Å². The van der Waals surface area contributed by atoms with Crippen molar-refractivity contribution in [2.45, 2.75) is 39.7 Å². The van der Waals surface area contributed by atoms with E-state index < -0.39 is 0 Å². The molecule has 0 unspecified atom stereocenters. The molecule has 7 nitrogen and oxygen atoms in total. The van der Waals surface area contributed by atoms with Crippen molar-refractivity contribution in [3.63, 3.8) is 0 Å². The van der Waals surface area contributed by atoms with Crippen LogP contribution in [0.4, 0.5) is 10.8 Å². The Labute approximate surface area is 167 Å². The number of hydrogen-bond donors (Lipinski definition) is 1. The molecular formula is C20H23N5O2S. The van der Waals surface area contributed by atoms with Gasteiger partial charge in [-0.3, -0.25) is 14.2 Å². The summed E-state index contributed by atoms with van der Waals surface area (Å²) in [6, 6.07) is 5.86. The highest BCUT2D eigenvalue weighted by Gasteiger charge is 2.18. The minimum atomic E-state index is -0.256. The van der Waals surface area contributed by atoms with E-state index in [-0.39, 0.29) is 18.0 Å². The number of fused-ring (bicyclic) bond motifs is 1. The fourth-order valence-corrected chi connectivity index (χ4v) is 4.59. The molecule has 1 N–H and O–H groups in total. The van der Waals surface area contributed by atoms with Crippen LogP contribution in [-0.2, 0) is 11.3 Å². The highest BCUT2D eigenvalue weighted by Crippen LogP contribution is 2.27. The molecule has 1 saturated heterocycles. The molecule has 3 aromatic rings. The van der Waals surface area contributed by atoms with Crippen molar-refractivity contribution < 1.29 is 4.79 Å². The lowest BCUT2D eigenvalue weighted by molar-refractivity contribution is -0.116. The van der Waals surface area contributed by atoms with Crippen molar-refractivity contribution in [3.8, 4) is 0 Å². The summed E-state index contributed by atoms with van der Waals surface area (Å²) in [7, 11) is 0. The highest BCUT2D eigenvalue weighted by molar-refractivity contribution is 7.22. The topological polar surface area (TPSA) is 80.1 Å². The average Bonchev–Trinajstić information content (AvgIpc) is 3.09. The Balaban J connectivity index is 1.54. The molecule has 0 aliphatic carbocycles. The van der Waals surface area contributed by atoms with Crippen LogP contribution in [0, 0.1) is 13.8 Å². The molecule has 1 aliphatic rings. The molecule has 4 rings (SSSR count). The molecule has 1 aliphatic heterocycles. The number of carbonyl (C=O) groups is 1. The van der Waals surface area contributed by atoms with Gasteiger partial charge in [0.25, 0.3) is 5.56 Å². The van der Waals surface area contributed by atoms with Crippen LogP contribution in [0.1, 0.15) is 30.4 Å². The summed E-state index contributed by atoms with van der Waals surface area (Å²) in [6.07, 6.45) is 4.94. The van der Waals surface area contributed by atoms with E-state index in [0.29, 0.717) is 10.3 Å². The van der Waals surface area contributed by atoms with Crippen LogP contribution in [0.2, 0.25) is 0 Å². The van der Waals surface area contributed by atoms with Crippen molar-refractivity contribution >= 4 is 38.4 Å². The number of aromatic nitrogens is 3. The Bertz CT molecular complexity index is 1060. The van der Waals surface area contributed by atoms with Gasteiger partial charge in [0.15, 0.2) is 10.8 Å². The second-order valence-electron chi connectivity index (χ2n) is 7.30. The first-order chi connectivity index (χ1) is 13.5. The second-order valence-corrected chi connectivity index (χ2v) is 8.28. The third-order valence-electron chi connectivity index (χ3n) is 4.82. The van der Waals surface area contributed by atoms with Gasteiger partial charge in [0, 0.05) is 18.8 Å². The van der Waals surface area contributed by atoms with Gasteiger partial charge in [-0.2, -0.15) is 4.98 Å². The number of piperidine rings is 1. The molecule has 1 fully saturated rings. The molecule has 0 atom stereocenters. The monoisotopic (exact) mass is 397 g/mol. The largest absolute Gasteiger partial charge is 0.348 e. The van der Waals surface area contributed by atoms with Crippen molar-refractivity contribution in [1.82, 2.24) is 14.5 Å². The zero-order chi connectivity index (χ0) is 19.7. The first kappa shape index (κ1) is 18.6. The van der Waals surface area contributed by atoms with Gasteiger partial charge < -0.3 is 10.2 Å². The van der Waals surface area contributed by atoms with Crippen molar-refractivity contribution in [2.24, 2.45) is 0 Å². The van der Waals surface area contributed by atoms with Crippen LogP contribution in [-0.4, -0.2) is 33.5 Å². The summed E-state index contributed by atoms with van der Waals surface area (Å²) in [4.78, 5) is 36.3. The number of hydrogen-bond acceptors (Lipinski definition) is 6. The summed E-state index contributed by atoms with van der Waals surface area (Å²) in [5, 5.41) is 3.70. The standard InChI is InChI=1S/C20H23N5O2S/c1-13-8-14(2)10-15(9-13)22-16(26)11-25-12-21-18-17(19(25)27)28-20(23-18)24-6-4-3-5-7-24/h8-10,12H,3-7,11H2,1-2H3,(H,22,26). The van der Waals surface area contributed by atoms with Crippen LogP contribution in [0.3, 0.4) is 0 Å². The van der Waals surface area contributed by atoms with Crippen LogP contribution in [0.15, 0.2) is 29.3 Å². The van der Waals surface area contributed by atoms with Gasteiger partial charge in [-0.05, 0) is 56.4 Å². The lowest BCUT2D eigenvalue weighted by Gasteiger charge is -2.25. The molecule has 0 spiro atoms. The van der Waals surface area contributed by atoms with Gasteiger partial charge in [-0.25, -0.2) is 4.98 Å². The number of carbonyl (C=O) groups excluding carboxylic acids is 1. The highest BCUT2D eigenvalue weighted by atomic mass is 32.1. The molecule has 1 amide bonds. The molecule has 0 bridgehead atoms. The molecule has 2 aromatic heterocycles. The number of rotatable bonds is 4. The minimum absolute atomic E-state index is 0.0777. The van der Waals surface area contributed by atoms with Crippen LogP contribution in [0.25, 0.3) is 10.3 Å². The zero-order valence-corrected chi connectivity index (χ0v) is 16.9. The first-order valence-electron chi connectivity index (χ1n) is 9.49. The molecule has 146 valence electrons. The van der Waals surface area contributed by atoms with Gasteiger partial charge in [-0.15, -0.1) is 0 Å². The Morgan fingerprint density at radius 3 is 2.57 bits per heavy atom. The second kappa shape index (κ2) is 7.71. The Kier molecular flexibility index (Phi) is 5.13. The third kappa shape index (κ3) is 3.91. The smallest absolute Gasteiger partial charge is 0.273 e. The molecular weight excluding hydrogens is 374 g/mol. The van der Waals surface area contributed by atoms with Gasteiger partial charge in [-0.1, -0.05) is 17.4 Å². The van der Waals surface area contributed by atoms with Crippen LogP contribution < -0.4 is 15.8 Å². The van der Waals surface area contributed by atoms with E-state index >= 15 is 0 Å². The quantitative estimate of drug-likeness (QED) is 0.732. The average molecular weight is 398 g/mol. The number of anilines is 2. The van der Waals surface area contributed by atoms with E-state index in [1.54, 1.807) is 0 Å². The Morgan fingerprint density at radius 2 is 1.86 bits per heavy atom. The maximum Gasteiger partial charge on any atom is 0.273 e. The van der Waals surface area contributed by atoms with Crippen molar-refractivity contribution in [2.75, 3.05) is 23.3 Å². The number of nitrogens with one attached hydrogen (secondary N) is 1. The molecule has 28 heavy (non-hydrogen) atoms. The fourth-order valence-electron chi connectivity index (χ4n) is 3.57.